The lowest BCUT2D eigenvalue weighted by molar-refractivity contribution is 0.329. The van der Waals surface area contributed by atoms with Crippen molar-refractivity contribution < 1.29 is 21.6 Å². The topological polar surface area (TPSA) is 104 Å². The third-order valence-electron chi connectivity index (χ3n) is 2.59. The van der Waals surface area contributed by atoms with Crippen LogP contribution in [0.15, 0.2) is 21.5 Å². The molecule has 0 aliphatic carbocycles. The molecular formula is C11H16BrNO5S2. The van der Waals surface area contributed by atoms with Gasteiger partial charge in [0.05, 0.1) is 5.75 Å². The quantitative estimate of drug-likeness (QED) is 0.792. The molecule has 0 aromatic heterocycles. The van der Waals surface area contributed by atoms with Gasteiger partial charge >= 0.3 is 0 Å². The van der Waals surface area contributed by atoms with Crippen LogP contribution in [0, 0.1) is 6.92 Å². The lowest BCUT2D eigenvalue weighted by Gasteiger charge is -2.13. The summed E-state index contributed by atoms with van der Waals surface area (Å²) in [6.45, 7) is 3.07. The Morgan fingerprint density at radius 3 is 2.35 bits per heavy atom. The Morgan fingerprint density at radius 1 is 1.25 bits per heavy atom. The summed E-state index contributed by atoms with van der Waals surface area (Å²) in [5, 5.41) is 5.13. The van der Waals surface area contributed by atoms with E-state index in [1.165, 1.54) is 13.0 Å². The van der Waals surface area contributed by atoms with Crippen LogP contribution in [0.25, 0.3) is 0 Å². The zero-order valence-corrected chi connectivity index (χ0v) is 14.3. The van der Waals surface area contributed by atoms with Crippen molar-refractivity contribution in [2.24, 2.45) is 5.14 Å². The normalized spacial score (nSPS) is 12.4. The molecule has 0 unspecified atom stereocenters. The predicted molar refractivity (Wildman–Crippen MR) is 80.1 cm³/mol. The Balaban J connectivity index is 3.07. The second kappa shape index (κ2) is 6.42. The highest BCUT2D eigenvalue weighted by Gasteiger charge is 2.19. The summed E-state index contributed by atoms with van der Waals surface area (Å²) in [6.07, 6.45) is 0. The van der Waals surface area contributed by atoms with Crippen molar-refractivity contribution in [1.82, 2.24) is 0 Å². The van der Waals surface area contributed by atoms with Crippen LogP contribution in [0.4, 0.5) is 0 Å². The van der Waals surface area contributed by atoms with Crippen molar-refractivity contribution in [2.75, 3.05) is 18.1 Å². The molecule has 0 amide bonds. The fraction of sp³-hybridized carbons (Fsp3) is 0.455. The molecule has 0 bridgehead atoms. The minimum Gasteiger partial charge on any atom is -0.491 e. The summed E-state index contributed by atoms with van der Waals surface area (Å²) in [5.74, 6) is -0.0807. The van der Waals surface area contributed by atoms with Crippen molar-refractivity contribution >= 4 is 35.8 Å². The lowest BCUT2D eigenvalue weighted by atomic mass is 10.2. The van der Waals surface area contributed by atoms with Crippen LogP contribution in [-0.2, 0) is 19.9 Å². The summed E-state index contributed by atoms with van der Waals surface area (Å²) in [4.78, 5) is -0.168. The van der Waals surface area contributed by atoms with Gasteiger partial charge in [-0.25, -0.2) is 22.0 Å². The molecule has 1 aromatic rings. The Morgan fingerprint density at radius 2 is 1.85 bits per heavy atom. The number of nitrogens with two attached hydrogens (primary N) is 1. The van der Waals surface area contributed by atoms with Crippen LogP contribution >= 0.6 is 15.9 Å². The van der Waals surface area contributed by atoms with Crippen LogP contribution in [-0.4, -0.2) is 34.9 Å². The third-order valence-corrected chi connectivity index (χ3v) is 5.63. The highest BCUT2D eigenvalue weighted by molar-refractivity contribution is 9.10. The number of sulfone groups is 1. The molecule has 6 nitrogen and oxygen atoms in total. The Labute approximate surface area is 127 Å². The zero-order chi connectivity index (χ0) is 15.6. The lowest BCUT2D eigenvalue weighted by Crippen LogP contribution is -2.19. The first-order valence-electron chi connectivity index (χ1n) is 5.73. The molecule has 114 valence electrons. The molecule has 0 atom stereocenters. The second-order valence-corrected chi connectivity index (χ2v) is 9.10. The minimum absolute atomic E-state index is 0.0116. The summed E-state index contributed by atoms with van der Waals surface area (Å²) in [7, 11) is -7.13. The van der Waals surface area contributed by atoms with E-state index in [0.29, 0.717) is 10.0 Å². The molecule has 0 heterocycles. The Hall–Kier alpha value is -0.640. The molecule has 0 fully saturated rings. The van der Waals surface area contributed by atoms with Crippen molar-refractivity contribution in [3.8, 4) is 5.75 Å². The highest BCUT2D eigenvalue weighted by atomic mass is 79.9. The molecule has 2 N–H and O–H groups in total. The number of halogens is 1. The van der Waals surface area contributed by atoms with Gasteiger partial charge in [-0.1, -0.05) is 22.9 Å². The van der Waals surface area contributed by atoms with E-state index >= 15 is 0 Å². The van der Waals surface area contributed by atoms with E-state index < -0.39 is 19.9 Å². The molecule has 9 heteroatoms. The molecule has 1 aromatic carbocycles. The van der Waals surface area contributed by atoms with Crippen LogP contribution in [0.3, 0.4) is 0 Å². The molecule has 0 saturated carbocycles. The van der Waals surface area contributed by atoms with Gasteiger partial charge in [-0.2, -0.15) is 0 Å². The number of aryl methyl sites for hydroxylation is 1. The van der Waals surface area contributed by atoms with Gasteiger partial charge in [0.25, 0.3) is 0 Å². The fourth-order valence-electron chi connectivity index (χ4n) is 1.51. The maximum absolute atomic E-state index is 11.5. The second-order valence-electron chi connectivity index (χ2n) is 4.18. The maximum atomic E-state index is 11.5. The van der Waals surface area contributed by atoms with Gasteiger partial charge < -0.3 is 4.74 Å². The van der Waals surface area contributed by atoms with Gasteiger partial charge in [0.1, 0.15) is 17.3 Å². The minimum atomic E-state index is -3.95. The fourth-order valence-corrected chi connectivity index (χ4v) is 3.63. The smallest absolute Gasteiger partial charge is 0.241 e. The van der Waals surface area contributed by atoms with E-state index in [9.17, 15) is 16.8 Å². The largest absolute Gasteiger partial charge is 0.491 e. The molecule has 0 spiro atoms. The molecule has 1 rings (SSSR count). The van der Waals surface area contributed by atoms with Gasteiger partial charge in [0.2, 0.25) is 10.0 Å². The molecule has 0 radical (unpaired) electrons. The van der Waals surface area contributed by atoms with Gasteiger partial charge in [-0.3, -0.25) is 0 Å². The average molecular weight is 386 g/mol. The number of primary sulfonamides is 1. The van der Waals surface area contributed by atoms with E-state index in [1.807, 2.05) is 0 Å². The number of ether oxygens (including phenoxy) is 1. The van der Waals surface area contributed by atoms with Crippen molar-refractivity contribution in [3.05, 3.63) is 22.2 Å². The summed E-state index contributed by atoms with van der Waals surface area (Å²) >= 11 is 3.18. The summed E-state index contributed by atoms with van der Waals surface area (Å²) in [6, 6.07) is 2.99. The SMILES string of the molecule is CCS(=O)(=O)CCOc1c(C)cc(Br)cc1S(N)(=O)=O. The molecule has 0 saturated heterocycles. The first kappa shape index (κ1) is 17.4. The third kappa shape index (κ3) is 4.72. The van der Waals surface area contributed by atoms with Gasteiger partial charge in [-0.05, 0) is 24.6 Å². The highest BCUT2D eigenvalue weighted by Crippen LogP contribution is 2.30. The number of benzene rings is 1. The molecule has 0 aliphatic heterocycles. The van der Waals surface area contributed by atoms with Crippen molar-refractivity contribution in [2.45, 2.75) is 18.7 Å². The number of hydrogen-bond donors (Lipinski definition) is 1. The molecule has 0 aliphatic rings. The zero-order valence-electron chi connectivity index (χ0n) is 11.1. The Kier molecular flexibility index (Phi) is 5.59. The number of hydrogen-bond acceptors (Lipinski definition) is 5. The molecule has 20 heavy (non-hydrogen) atoms. The van der Waals surface area contributed by atoms with E-state index in [1.54, 1.807) is 13.0 Å². The van der Waals surface area contributed by atoms with Gasteiger partial charge in [0, 0.05) is 10.2 Å². The first-order valence-corrected chi connectivity index (χ1v) is 9.89. The van der Waals surface area contributed by atoms with Crippen LogP contribution in [0.2, 0.25) is 0 Å². The standard InChI is InChI=1S/C11H16BrNO5S2/c1-3-19(14,15)5-4-18-11-8(2)6-9(12)7-10(11)20(13,16)17/h6-7H,3-5H2,1-2H3,(H2,13,16,17). The number of sulfonamides is 1. The van der Waals surface area contributed by atoms with E-state index in [4.69, 9.17) is 9.88 Å². The average Bonchev–Trinajstić information content (AvgIpc) is 2.30. The van der Waals surface area contributed by atoms with Gasteiger partial charge in [-0.15, -0.1) is 0 Å². The van der Waals surface area contributed by atoms with E-state index in [-0.39, 0.29) is 28.8 Å². The maximum Gasteiger partial charge on any atom is 0.241 e. The number of rotatable bonds is 6. The van der Waals surface area contributed by atoms with Crippen LogP contribution in [0.1, 0.15) is 12.5 Å². The summed E-state index contributed by atoms with van der Waals surface area (Å²) < 4.78 is 51.7. The Bertz CT molecular complexity index is 698. The first-order chi connectivity index (χ1) is 9.07. The van der Waals surface area contributed by atoms with Crippen molar-refractivity contribution in [3.63, 3.8) is 0 Å². The van der Waals surface area contributed by atoms with Gasteiger partial charge in [0.15, 0.2) is 9.84 Å². The monoisotopic (exact) mass is 385 g/mol. The van der Waals surface area contributed by atoms with Crippen LogP contribution in [0.5, 0.6) is 5.75 Å². The predicted octanol–water partition coefficient (Wildman–Crippen LogP) is 1.22. The van der Waals surface area contributed by atoms with Crippen LogP contribution < -0.4 is 9.88 Å². The van der Waals surface area contributed by atoms with E-state index in [2.05, 4.69) is 15.9 Å². The summed E-state index contributed by atoms with van der Waals surface area (Å²) in [5.41, 5.74) is 0.553. The molecular weight excluding hydrogens is 370 g/mol. The van der Waals surface area contributed by atoms with E-state index in [0.717, 1.165) is 0 Å². The van der Waals surface area contributed by atoms with Crippen molar-refractivity contribution in [1.29, 1.82) is 0 Å².